The summed E-state index contributed by atoms with van der Waals surface area (Å²) in [5, 5.41) is 3.25. The molecule has 0 aliphatic heterocycles. The molecular weight excluding hydrogens is 398 g/mol. The van der Waals surface area contributed by atoms with Crippen molar-refractivity contribution in [2.45, 2.75) is 6.92 Å². The number of carbonyl (C=O) groups is 1. The Morgan fingerprint density at radius 3 is 2.63 bits per heavy atom. The first-order chi connectivity index (χ1) is 8.99. The fourth-order valence-electron chi connectivity index (χ4n) is 1.57. The maximum Gasteiger partial charge on any atom is 0.256 e. The smallest absolute Gasteiger partial charge is 0.256 e. The molecule has 1 amide bonds. The summed E-state index contributed by atoms with van der Waals surface area (Å²) in [5.41, 5.74) is 1.84. The number of hydrogen-bond donors (Lipinski definition) is 1. The highest BCUT2D eigenvalue weighted by Crippen LogP contribution is 2.27. The van der Waals surface area contributed by atoms with Crippen molar-refractivity contribution in [3.05, 3.63) is 55.3 Å². The van der Waals surface area contributed by atoms with Crippen LogP contribution < -0.4 is 5.32 Å². The Bertz CT molecular complexity index is 623. The summed E-state index contributed by atoms with van der Waals surface area (Å²) < 4.78 is 0.869. The van der Waals surface area contributed by atoms with Gasteiger partial charge in [0.05, 0.1) is 11.3 Å². The van der Waals surface area contributed by atoms with E-state index in [1.165, 1.54) is 0 Å². The minimum atomic E-state index is -0.223. The molecule has 0 bridgehead atoms. The van der Waals surface area contributed by atoms with E-state index < -0.39 is 0 Å². The van der Waals surface area contributed by atoms with Gasteiger partial charge in [-0.1, -0.05) is 35.3 Å². The lowest BCUT2D eigenvalue weighted by Crippen LogP contribution is -2.14. The lowest BCUT2D eigenvalue weighted by atomic mass is 10.2. The number of nitrogens with zero attached hydrogens (tertiary/aromatic N) is 1. The Hall–Kier alpha value is -0.850. The minimum Gasteiger partial charge on any atom is -0.319 e. The van der Waals surface area contributed by atoms with Crippen LogP contribution in [0.3, 0.4) is 0 Å². The topological polar surface area (TPSA) is 42.0 Å². The molecular formula is C13H9Cl2IN2O. The van der Waals surface area contributed by atoms with Crippen LogP contribution >= 0.6 is 45.8 Å². The van der Waals surface area contributed by atoms with Crippen LogP contribution in [0.15, 0.2) is 30.3 Å². The first kappa shape index (κ1) is 14.6. The van der Waals surface area contributed by atoms with Gasteiger partial charge < -0.3 is 5.32 Å². The molecule has 1 heterocycles. The molecule has 0 unspecified atom stereocenters. The molecule has 1 aromatic carbocycles. The molecule has 2 rings (SSSR count). The molecule has 0 spiro atoms. The molecule has 0 saturated carbocycles. The van der Waals surface area contributed by atoms with Crippen molar-refractivity contribution in [2.24, 2.45) is 0 Å². The van der Waals surface area contributed by atoms with Gasteiger partial charge in [-0.05, 0) is 53.3 Å². The van der Waals surface area contributed by atoms with Crippen molar-refractivity contribution < 1.29 is 4.79 Å². The Morgan fingerprint density at radius 2 is 2.00 bits per heavy atom. The lowest BCUT2D eigenvalue weighted by molar-refractivity contribution is 0.102. The number of nitrogens with one attached hydrogen (secondary N) is 1. The number of aryl methyl sites for hydroxylation is 1. The van der Waals surface area contributed by atoms with E-state index in [1.54, 1.807) is 12.1 Å². The van der Waals surface area contributed by atoms with Gasteiger partial charge in [-0.2, -0.15) is 0 Å². The molecule has 98 valence electrons. The van der Waals surface area contributed by atoms with E-state index >= 15 is 0 Å². The van der Waals surface area contributed by atoms with Gasteiger partial charge in [-0.3, -0.25) is 4.79 Å². The van der Waals surface area contributed by atoms with Gasteiger partial charge in [-0.15, -0.1) is 0 Å². The first-order valence-electron chi connectivity index (χ1n) is 5.37. The molecule has 0 saturated heterocycles. The zero-order chi connectivity index (χ0) is 14.0. The van der Waals surface area contributed by atoms with Gasteiger partial charge in [0.1, 0.15) is 5.15 Å². The number of pyridine rings is 1. The highest BCUT2D eigenvalue weighted by atomic mass is 127. The summed E-state index contributed by atoms with van der Waals surface area (Å²) in [6.45, 7) is 1.81. The monoisotopic (exact) mass is 406 g/mol. The van der Waals surface area contributed by atoms with E-state index in [1.807, 2.05) is 25.1 Å². The van der Waals surface area contributed by atoms with Gasteiger partial charge in [0.15, 0.2) is 5.15 Å². The largest absolute Gasteiger partial charge is 0.319 e. The molecule has 1 aromatic heterocycles. The van der Waals surface area contributed by atoms with Crippen LogP contribution in [-0.2, 0) is 0 Å². The highest BCUT2D eigenvalue weighted by molar-refractivity contribution is 14.1. The third-order valence-electron chi connectivity index (χ3n) is 2.50. The van der Waals surface area contributed by atoms with Crippen molar-refractivity contribution >= 4 is 57.4 Å². The van der Waals surface area contributed by atoms with Crippen molar-refractivity contribution in [3.63, 3.8) is 0 Å². The Balaban J connectivity index is 2.32. The number of halogens is 3. The van der Waals surface area contributed by atoms with E-state index in [4.69, 9.17) is 23.2 Å². The molecule has 0 aliphatic rings. The third-order valence-corrected chi connectivity index (χ3v) is 3.91. The van der Waals surface area contributed by atoms with Gasteiger partial charge in [0, 0.05) is 3.57 Å². The van der Waals surface area contributed by atoms with E-state index in [0.717, 1.165) is 9.13 Å². The molecule has 0 fully saturated rings. The predicted octanol–water partition coefficient (Wildman–Crippen LogP) is 4.55. The summed E-state index contributed by atoms with van der Waals surface area (Å²) in [4.78, 5) is 16.1. The summed E-state index contributed by atoms with van der Waals surface area (Å²) in [6, 6.07) is 8.96. The van der Waals surface area contributed by atoms with Crippen LogP contribution in [0.2, 0.25) is 10.3 Å². The fourth-order valence-corrected chi connectivity index (χ4v) is 2.78. The predicted molar refractivity (Wildman–Crippen MR) is 86.1 cm³/mol. The molecule has 1 N–H and O–H groups in total. The SMILES string of the molecule is Cc1cc(Cl)nc(Cl)c1NC(=O)c1ccccc1I. The second-order valence-electron chi connectivity index (χ2n) is 3.86. The van der Waals surface area contributed by atoms with Gasteiger partial charge >= 0.3 is 0 Å². The number of hydrogen-bond acceptors (Lipinski definition) is 2. The average Bonchev–Trinajstić information content (AvgIpc) is 2.34. The van der Waals surface area contributed by atoms with E-state index in [2.05, 4.69) is 32.9 Å². The molecule has 2 aromatic rings. The van der Waals surface area contributed by atoms with E-state index in [9.17, 15) is 4.79 Å². The highest BCUT2D eigenvalue weighted by Gasteiger charge is 2.14. The Morgan fingerprint density at radius 1 is 1.32 bits per heavy atom. The Kier molecular flexibility index (Phi) is 4.65. The van der Waals surface area contributed by atoms with E-state index in [0.29, 0.717) is 16.4 Å². The number of carbonyl (C=O) groups excluding carboxylic acids is 1. The second-order valence-corrected chi connectivity index (χ2v) is 5.77. The number of anilines is 1. The molecule has 0 radical (unpaired) electrons. The van der Waals surface area contributed by atoms with Crippen LogP contribution in [0.5, 0.6) is 0 Å². The van der Waals surface area contributed by atoms with Crippen LogP contribution in [0, 0.1) is 10.5 Å². The summed E-state index contributed by atoms with van der Waals surface area (Å²) in [6.07, 6.45) is 0. The van der Waals surface area contributed by atoms with Crippen molar-refractivity contribution in [2.75, 3.05) is 5.32 Å². The van der Waals surface area contributed by atoms with Crippen LogP contribution in [0.25, 0.3) is 0 Å². The summed E-state index contributed by atoms with van der Waals surface area (Å²) in [7, 11) is 0. The quantitative estimate of drug-likeness (QED) is 0.587. The molecule has 0 atom stereocenters. The second kappa shape index (κ2) is 6.07. The zero-order valence-corrected chi connectivity index (χ0v) is 13.5. The standard InChI is InChI=1S/C13H9Cl2IN2O/c1-7-6-10(14)17-12(15)11(7)18-13(19)8-4-2-3-5-9(8)16/h2-6H,1H3,(H,18,19). The maximum atomic E-state index is 12.2. The zero-order valence-electron chi connectivity index (χ0n) is 9.88. The summed E-state index contributed by atoms with van der Waals surface area (Å²) >= 11 is 13.9. The molecule has 0 aliphatic carbocycles. The Labute approximate surface area is 134 Å². The fraction of sp³-hybridized carbons (Fsp3) is 0.0769. The summed E-state index contributed by atoms with van der Waals surface area (Å²) in [5.74, 6) is -0.223. The molecule has 19 heavy (non-hydrogen) atoms. The van der Waals surface area contributed by atoms with Crippen LogP contribution in [-0.4, -0.2) is 10.9 Å². The van der Waals surface area contributed by atoms with Crippen LogP contribution in [0.4, 0.5) is 5.69 Å². The maximum absolute atomic E-state index is 12.2. The van der Waals surface area contributed by atoms with Gasteiger partial charge in [-0.25, -0.2) is 4.98 Å². The lowest BCUT2D eigenvalue weighted by Gasteiger charge is -2.11. The first-order valence-corrected chi connectivity index (χ1v) is 7.21. The van der Waals surface area contributed by atoms with E-state index in [-0.39, 0.29) is 11.1 Å². The number of amides is 1. The normalized spacial score (nSPS) is 10.3. The number of rotatable bonds is 2. The number of benzene rings is 1. The van der Waals surface area contributed by atoms with Crippen molar-refractivity contribution in [1.82, 2.24) is 4.98 Å². The molecule has 3 nitrogen and oxygen atoms in total. The minimum absolute atomic E-state index is 0.185. The van der Waals surface area contributed by atoms with Crippen molar-refractivity contribution in [1.29, 1.82) is 0 Å². The molecule has 6 heteroatoms. The number of aromatic nitrogens is 1. The average molecular weight is 407 g/mol. The third kappa shape index (κ3) is 3.38. The van der Waals surface area contributed by atoms with Gasteiger partial charge in [0.2, 0.25) is 0 Å². The van der Waals surface area contributed by atoms with Gasteiger partial charge in [0.25, 0.3) is 5.91 Å². The van der Waals surface area contributed by atoms with Crippen LogP contribution in [0.1, 0.15) is 15.9 Å². The van der Waals surface area contributed by atoms with Crippen molar-refractivity contribution in [3.8, 4) is 0 Å².